The Hall–Kier alpha value is -1.74. The van der Waals surface area contributed by atoms with Crippen LogP contribution in [0.3, 0.4) is 0 Å². The Morgan fingerprint density at radius 3 is 2.90 bits per heavy atom. The molecule has 3 rings (SSSR count). The number of aromatic nitrogens is 2. The van der Waals surface area contributed by atoms with E-state index in [1.807, 2.05) is 12.3 Å². The van der Waals surface area contributed by atoms with Crippen LogP contribution in [0.15, 0.2) is 30.5 Å². The average Bonchev–Trinajstić information content (AvgIpc) is 2.94. The molecule has 1 aliphatic rings. The van der Waals surface area contributed by atoms with Crippen LogP contribution >= 0.6 is 0 Å². The van der Waals surface area contributed by atoms with Gasteiger partial charge in [-0.25, -0.2) is 9.97 Å². The second kappa shape index (κ2) is 5.71. The quantitative estimate of drug-likeness (QED) is 0.926. The number of nitrogens with zero attached hydrogens (tertiary/aromatic N) is 2. The summed E-state index contributed by atoms with van der Waals surface area (Å²) in [7, 11) is 0. The van der Waals surface area contributed by atoms with Crippen molar-refractivity contribution >= 4 is 0 Å². The van der Waals surface area contributed by atoms with E-state index in [2.05, 4.69) is 35.1 Å². The van der Waals surface area contributed by atoms with E-state index in [0.717, 1.165) is 17.9 Å². The van der Waals surface area contributed by atoms with Crippen LogP contribution in [0.4, 0.5) is 0 Å². The molecule has 2 N–H and O–H groups in total. The van der Waals surface area contributed by atoms with Gasteiger partial charge in [0, 0.05) is 18.2 Å². The van der Waals surface area contributed by atoms with Crippen LogP contribution < -0.4 is 5.73 Å². The van der Waals surface area contributed by atoms with Crippen LogP contribution in [0, 0.1) is 5.92 Å². The molecule has 0 bridgehead atoms. The highest BCUT2D eigenvalue weighted by Crippen LogP contribution is 2.27. The van der Waals surface area contributed by atoms with Crippen molar-refractivity contribution in [1.29, 1.82) is 0 Å². The molecule has 2 aromatic rings. The maximum absolute atomic E-state index is 5.67. The van der Waals surface area contributed by atoms with Crippen LogP contribution in [0.5, 0.6) is 0 Å². The second-order valence-corrected chi connectivity index (χ2v) is 5.74. The van der Waals surface area contributed by atoms with E-state index in [1.165, 1.54) is 36.0 Å². The molecule has 3 nitrogen and oxygen atoms in total. The van der Waals surface area contributed by atoms with Crippen molar-refractivity contribution in [3.05, 3.63) is 47.4 Å². The van der Waals surface area contributed by atoms with Gasteiger partial charge in [0.25, 0.3) is 0 Å². The maximum atomic E-state index is 5.67. The summed E-state index contributed by atoms with van der Waals surface area (Å²) in [4.78, 5) is 9.05. The van der Waals surface area contributed by atoms with Crippen molar-refractivity contribution < 1.29 is 0 Å². The van der Waals surface area contributed by atoms with Crippen molar-refractivity contribution in [3.63, 3.8) is 0 Å². The molecular weight excluding hydrogens is 246 g/mol. The van der Waals surface area contributed by atoms with E-state index in [9.17, 15) is 0 Å². The summed E-state index contributed by atoms with van der Waals surface area (Å²) in [6.45, 7) is 2.80. The molecule has 0 amide bonds. The Morgan fingerprint density at radius 1 is 1.20 bits per heavy atom. The Labute approximate surface area is 120 Å². The largest absolute Gasteiger partial charge is 0.330 e. The first-order chi connectivity index (χ1) is 9.76. The first-order valence-electron chi connectivity index (χ1n) is 7.40. The number of benzene rings is 1. The van der Waals surface area contributed by atoms with Gasteiger partial charge in [-0.2, -0.15) is 0 Å². The van der Waals surface area contributed by atoms with E-state index in [1.54, 1.807) is 0 Å². The van der Waals surface area contributed by atoms with Crippen molar-refractivity contribution in [3.8, 4) is 11.3 Å². The first kappa shape index (κ1) is 13.3. The highest BCUT2D eigenvalue weighted by atomic mass is 14.9. The maximum Gasteiger partial charge on any atom is 0.129 e. The minimum Gasteiger partial charge on any atom is -0.330 e. The Morgan fingerprint density at radius 2 is 2.05 bits per heavy atom. The van der Waals surface area contributed by atoms with Gasteiger partial charge in [0.05, 0.1) is 5.69 Å². The van der Waals surface area contributed by atoms with Crippen LogP contribution in [-0.2, 0) is 19.3 Å². The van der Waals surface area contributed by atoms with Gasteiger partial charge >= 0.3 is 0 Å². The zero-order valence-electron chi connectivity index (χ0n) is 12.0. The van der Waals surface area contributed by atoms with Crippen molar-refractivity contribution in [2.45, 2.75) is 32.6 Å². The summed E-state index contributed by atoms with van der Waals surface area (Å²) in [6.07, 6.45) is 6.40. The van der Waals surface area contributed by atoms with Crippen molar-refractivity contribution in [1.82, 2.24) is 9.97 Å². The molecule has 0 aliphatic heterocycles. The molecular formula is C17H21N3. The molecule has 20 heavy (non-hydrogen) atoms. The normalized spacial score (nSPS) is 15.1. The molecule has 1 aromatic heterocycles. The van der Waals surface area contributed by atoms with Crippen molar-refractivity contribution in [2.75, 3.05) is 6.54 Å². The molecule has 1 aliphatic carbocycles. The van der Waals surface area contributed by atoms with E-state index < -0.39 is 0 Å². The Bertz CT molecular complexity index is 607. The molecule has 0 radical (unpaired) electrons. The molecule has 0 saturated heterocycles. The molecule has 1 heterocycles. The predicted molar refractivity (Wildman–Crippen MR) is 81.4 cm³/mol. The third kappa shape index (κ3) is 2.73. The van der Waals surface area contributed by atoms with Gasteiger partial charge in [-0.05, 0) is 55.0 Å². The van der Waals surface area contributed by atoms with Crippen LogP contribution in [0.1, 0.15) is 30.3 Å². The summed E-state index contributed by atoms with van der Waals surface area (Å²) in [5.74, 6) is 1.31. The van der Waals surface area contributed by atoms with Gasteiger partial charge in [-0.15, -0.1) is 0 Å². The first-order valence-corrected chi connectivity index (χ1v) is 7.40. The smallest absolute Gasteiger partial charge is 0.129 e. The molecule has 0 spiro atoms. The number of nitrogens with two attached hydrogens (primary N) is 1. The molecule has 0 saturated carbocycles. The lowest BCUT2D eigenvalue weighted by molar-refractivity contribution is 0.574. The molecule has 104 valence electrons. The third-order valence-electron chi connectivity index (χ3n) is 4.03. The lowest BCUT2D eigenvalue weighted by Gasteiger charge is -2.09. The number of fused-ring (bicyclic) bond motifs is 1. The van der Waals surface area contributed by atoms with Crippen LogP contribution in [0.25, 0.3) is 11.3 Å². The zero-order valence-corrected chi connectivity index (χ0v) is 12.0. The van der Waals surface area contributed by atoms with Gasteiger partial charge in [0.1, 0.15) is 5.82 Å². The summed E-state index contributed by atoms with van der Waals surface area (Å²) in [5.41, 5.74) is 10.9. The third-order valence-corrected chi connectivity index (χ3v) is 4.03. The standard InChI is InChI=1S/C17H21N3/c1-12(11-18)9-17-19-8-7-16(20-17)15-6-5-13-3-2-4-14(13)10-15/h5-8,10,12H,2-4,9,11,18H2,1H3. The van der Waals surface area contributed by atoms with E-state index in [4.69, 9.17) is 5.73 Å². The van der Waals surface area contributed by atoms with Crippen molar-refractivity contribution in [2.24, 2.45) is 11.7 Å². The van der Waals surface area contributed by atoms with Gasteiger partial charge in [0.15, 0.2) is 0 Å². The number of hydrogen-bond acceptors (Lipinski definition) is 3. The van der Waals surface area contributed by atoms with Gasteiger partial charge < -0.3 is 5.73 Å². The fourth-order valence-electron chi connectivity index (χ4n) is 2.78. The van der Waals surface area contributed by atoms with Crippen LogP contribution in [-0.4, -0.2) is 16.5 Å². The molecule has 3 heteroatoms. The predicted octanol–water partition coefficient (Wildman–Crippen LogP) is 2.77. The summed E-state index contributed by atoms with van der Waals surface area (Å²) >= 11 is 0. The average molecular weight is 267 g/mol. The van der Waals surface area contributed by atoms with Crippen LogP contribution in [0.2, 0.25) is 0 Å². The number of hydrogen-bond donors (Lipinski definition) is 1. The summed E-state index contributed by atoms with van der Waals surface area (Å²) in [6, 6.07) is 8.72. The lowest BCUT2D eigenvalue weighted by atomic mass is 10.0. The van der Waals surface area contributed by atoms with Gasteiger partial charge in [0.2, 0.25) is 0 Å². The van der Waals surface area contributed by atoms with Gasteiger partial charge in [-0.3, -0.25) is 0 Å². The summed E-state index contributed by atoms with van der Waals surface area (Å²) < 4.78 is 0. The monoisotopic (exact) mass is 267 g/mol. The van der Waals surface area contributed by atoms with E-state index in [-0.39, 0.29) is 0 Å². The number of aryl methyl sites for hydroxylation is 2. The zero-order chi connectivity index (χ0) is 13.9. The van der Waals surface area contributed by atoms with Gasteiger partial charge in [-0.1, -0.05) is 19.1 Å². The second-order valence-electron chi connectivity index (χ2n) is 5.74. The molecule has 1 atom stereocenters. The fraction of sp³-hybridized carbons (Fsp3) is 0.412. The highest BCUT2D eigenvalue weighted by Gasteiger charge is 2.12. The highest BCUT2D eigenvalue weighted by molar-refractivity contribution is 5.61. The Balaban J connectivity index is 1.88. The van der Waals surface area contributed by atoms with E-state index >= 15 is 0 Å². The molecule has 1 aromatic carbocycles. The van der Waals surface area contributed by atoms with E-state index in [0.29, 0.717) is 12.5 Å². The molecule has 0 fully saturated rings. The Kier molecular flexibility index (Phi) is 3.79. The minimum atomic E-state index is 0.422. The summed E-state index contributed by atoms with van der Waals surface area (Å²) in [5, 5.41) is 0. The topological polar surface area (TPSA) is 51.8 Å². The fourth-order valence-corrected chi connectivity index (χ4v) is 2.78. The minimum absolute atomic E-state index is 0.422. The number of rotatable bonds is 4. The lowest BCUT2D eigenvalue weighted by Crippen LogP contribution is -2.14. The SMILES string of the molecule is CC(CN)Cc1nccc(-c2ccc3c(c2)CCC3)n1. The molecule has 1 unspecified atom stereocenters.